The summed E-state index contributed by atoms with van der Waals surface area (Å²) in [7, 11) is 0. The van der Waals surface area contributed by atoms with Gasteiger partial charge in [-0.3, -0.25) is 4.79 Å². The van der Waals surface area contributed by atoms with Crippen LogP contribution in [-0.2, 0) is 4.79 Å². The summed E-state index contributed by atoms with van der Waals surface area (Å²) in [6.45, 7) is 9.93. The minimum atomic E-state index is 0.0629. The monoisotopic (exact) mass is 186 g/mol. The summed E-state index contributed by atoms with van der Waals surface area (Å²) in [4.78, 5) is 13.0. The van der Waals surface area contributed by atoms with Crippen molar-refractivity contribution in [1.82, 2.24) is 10.2 Å². The Morgan fingerprint density at radius 1 is 1.15 bits per heavy atom. The van der Waals surface area contributed by atoms with E-state index >= 15 is 0 Å². The van der Waals surface area contributed by atoms with E-state index in [1.54, 1.807) is 6.92 Å². The molecule has 0 aromatic carbocycles. The van der Waals surface area contributed by atoms with Gasteiger partial charge in [-0.1, -0.05) is 13.8 Å². The van der Waals surface area contributed by atoms with E-state index in [1.807, 2.05) is 0 Å². The number of amides is 1. The first-order valence-corrected chi connectivity index (χ1v) is 5.17. The summed E-state index contributed by atoms with van der Waals surface area (Å²) in [5, 5.41) is 2.81. The average Bonchev–Trinajstić information content (AvgIpc) is 2.04. The van der Waals surface area contributed by atoms with Crippen molar-refractivity contribution in [2.75, 3.05) is 26.2 Å². The van der Waals surface area contributed by atoms with Gasteiger partial charge in [0.1, 0.15) is 0 Å². The van der Waals surface area contributed by atoms with Crippen LogP contribution in [0.5, 0.6) is 0 Å². The number of rotatable bonds is 7. The third-order valence-corrected chi connectivity index (χ3v) is 1.88. The molecule has 0 heterocycles. The number of hydrogen-bond donors (Lipinski definition) is 1. The molecule has 3 nitrogen and oxygen atoms in total. The van der Waals surface area contributed by atoms with Gasteiger partial charge in [-0.2, -0.15) is 0 Å². The third-order valence-electron chi connectivity index (χ3n) is 1.88. The highest BCUT2D eigenvalue weighted by molar-refractivity contribution is 5.72. The predicted octanol–water partition coefficient (Wildman–Crippen LogP) is 1.24. The molecule has 1 N–H and O–H groups in total. The van der Waals surface area contributed by atoms with E-state index in [0.29, 0.717) is 0 Å². The van der Waals surface area contributed by atoms with Crippen LogP contribution in [0.2, 0.25) is 0 Å². The minimum absolute atomic E-state index is 0.0629. The van der Waals surface area contributed by atoms with Gasteiger partial charge in [-0.25, -0.2) is 0 Å². The Labute approximate surface area is 81.5 Å². The zero-order valence-electron chi connectivity index (χ0n) is 9.10. The lowest BCUT2D eigenvalue weighted by Crippen LogP contribution is -2.34. The zero-order chi connectivity index (χ0) is 10.1. The second kappa shape index (κ2) is 8.05. The van der Waals surface area contributed by atoms with Gasteiger partial charge in [0.2, 0.25) is 5.91 Å². The Morgan fingerprint density at radius 2 is 1.69 bits per heavy atom. The highest BCUT2D eigenvalue weighted by Crippen LogP contribution is 1.92. The lowest BCUT2D eigenvalue weighted by atomic mass is 10.3. The molecule has 0 aromatic heterocycles. The number of nitrogens with zero attached hydrogens (tertiary/aromatic N) is 1. The van der Waals surface area contributed by atoms with Crippen molar-refractivity contribution in [2.24, 2.45) is 0 Å². The Hall–Kier alpha value is -0.570. The van der Waals surface area contributed by atoms with Crippen LogP contribution >= 0.6 is 0 Å². The van der Waals surface area contributed by atoms with E-state index < -0.39 is 0 Å². The van der Waals surface area contributed by atoms with E-state index in [-0.39, 0.29) is 5.91 Å². The predicted molar refractivity (Wildman–Crippen MR) is 55.7 cm³/mol. The van der Waals surface area contributed by atoms with E-state index in [1.165, 1.54) is 12.8 Å². The standard InChI is InChI=1S/C10H22N2O/c1-4-7-12(8-5-2)9-6-11-10(3)13/h4-9H2,1-3H3,(H,11,13). The van der Waals surface area contributed by atoms with Crippen molar-refractivity contribution in [3.63, 3.8) is 0 Å². The first-order valence-electron chi connectivity index (χ1n) is 5.17. The van der Waals surface area contributed by atoms with E-state index in [0.717, 1.165) is 26.2 Å². The molecule has 0 saturated heterocycles. The molecule has 0 rings (SSSR count). The molecule has 0 spiro atoms. The number of hydrogen-bond acceptors (Lipinski definition) is 2. The fraction of sp³-hybridized carbons (Fsp3) is 0.900. The van der Waals surface area contributed by atoms with E-state index in [9.17, 15) is 4.79 Å². The molecule has 1 amide bonds. The Balaban J connectivity index is 3.49. The van der Waals surface area contributed by atoms with Crippen molar-refractivity contribution >= 4 is 5.91 Å². The van der Waals surface area contributed by atoms with Crippen LogP contribution in [0.3, 0.4) is 0 Å². The number of carbonyl (C=O) groups excluding carboxylic acids is 1. The van der Waals surface area contributed by atoms with Crippen molar-refractivity contribution in [3.8, 4) is 0 Å². The summed E-state index contributed by atoms with van der Waals surface area (Å²) in [6.07, 6.45) is 2.36. The maximum atomic E-state index is 10.6. The van der Waals surface area contributed by atoms with Gasteiger partial charge in [0.05, 0.1) is 0 Å². The molecule has 0 atom stereocenters. The SMILES string of the molecule is CCCN(CCC)CCNC(C)=O. The van der Waals surface area contributed by atoms with Crippen molar-refractivity contribution in [2.45, 2.75) is 33.6 Å². The summed E-state index contributed by atoms with van der Waals surface area (Å²) in [6, 6.07) is 0. The van der Waals surface area contributed by atoms with Crippen LogP contribution in [0.1, 0.15) is 33.6 Å². The first-order chi connectivity index (χ1) is 6.20. The Morgan fingerprint density at radius 3 is 2.08 bits per heavy atom. The fourth-order valence-electron chi connectivity index (χ4n) is 1.36. The summed E-state index contributed by atoms with van der Waals surface area (Å²) >= 11 is 0. The minimum Gasteiger partial charge on any atom is -0.355 e. The van der Waals surface area contributed by atoms with Crippen LogP contribution < -0.4 is 5.32 Å². The van der Waals surface area contributed by atoms with Crippen LogP contribution in [-0.4, -0.2) is 37.0 Å². The van der Waals surface area contributed by atoms with Gasteiger partial charge in [-0.05, 0) is 25.9 Å². The van der Waals surface area contributed by atoms with Gasteiger partial charge in [-0.15, -0.1) is 0 Å². The molecule has 13 heavy (non-hydrogen) atoms. The average molecular weight is 186 g/mol. The Kier molecular flexibility index (Phi) is 7.69. The lowest BCUT2D eigenvalue weighted by Gasteiger charge is -2.20. The molecule has 3 heteroatoms. The molecule has 0 aliphatic heterocycles. The molecule has 0 aliphatic carbocycles. The molecule has 0 fully saturated rings. The summed E-state index contributed by atoms with van der Waals surface area (Å²) in [5.41, 5.74) is 0. The van der Waals surface area contributed by atoms with Crippen LogP contribution in [0.15, 0.2) is 0 Å². The zero-order valence-corrected chi connectivity index (χ0v) is 9.10. The molecule has 0 aliphatic rings. The molecule has 78 valence electrons. The second-order valence-electron chi connectivity index (χ2n) is 3.32. The maximum Gasteiger partial charge on any atom is 0.216 e. The van der Waals surface area contributed by atoms with Crippen molar-refractivity contribution < 1.29 is 4.79 Å². The van der Waals surface area contributed by atoms with Gasteiger partial charge in [0.15, 0.2) is 0 Å². The van der Waals surface area contributed by atoms with Gasteiger partial charge >= 0.3 is 0 Å². The maximum absolute atomic E-state index is 10.6. The molecule has 0 radical (unpaired) electrons. The summed E-state index contributed by atoms with van der Waals surface area (Å²) in [5.74, 6) is 0.0629. The normalized spacial score (nSPS) is 10.5. The van der Waals surface area contributed by atoms with E-state index in [4.69, 9.17) is 0 Å². The number of carbonyl (C=O) groups is 1. The van der Waals surface area contributed by atoms with Crippen LogP contribution in [0, 0.1) is 0 Å². The molecule has 0 saturated carbocycles. The fourth-order valence-corrected chi connectivity index (χ4v) is 1.36. The molecule has 0 aromatic rings. The van der Waals surface area contributed by atoms with Gasteiger partial charge < -0.3 is 10.2 Å². The topological polar surface area (TPSA) is 32.3 Å². The van der Waals surface area contributed by atoms with Crippen molar-refractivity contribution in [1.29, 1.82) is 0 Å². The quantitative estimate of drug-likeness (QED) is 0.649. The smallest absolute Gasteiger partial charge is 0.216 e. The highest BCUT2D eigenvalue weighted by atomic mass is 16.1. The van der Waals surface area contributed by atoms with Crippen molar-refractivity contribution in [3.05, 3.63) is 0 Å². The Bertz CT molecular complexity index is 131. The lowest BCUT2D eigenvalue weighted by molar-refractivity contribution is -0.119. The second-order valence-corrected chi connectivity index (χ2v) is 3.32. The summed E-state index contributed by atoms with van der Waals surface area (Å²) < 4.78 is 0. The van der Waals surface area contributed by atoms with Crippen LogP contribution in [0.25, 0.3) is 0 Å². The van der Waals surface area contributed by atoms with Gasteiger partial charge in [0, 0.05) is 20.0 Å². The highest BCUT2D eigenvalue weighted by Gasteiger charge is 2.01. The molecular formula is C10H22N2O. The van der Waals surface area contributed by atoms with Crippen LogP contribution in [0.4, 0.5) is 0 Å². The first kappa shape index (κ1) is 12.4. The molecular weight excluding hydrogens is 164 g/mol. The number of nitrogens with one attached hydrogen (secondary N) is 1. The van der Waals surface area contributed by atoms with Gasteiger partial charge in [0.25, 0.3) is 0 Å². The molecule has 0 bridgehead atoms. The molecule has 0 unspecified atom stereocenters. The third kappa shape index (κ3) is 7.78. The largest absolute Gasteiger partial charge is 0.355 e. The van der Waals surface area contributed by atoms with E-state index in [2.05, 4.69) is 24.1 Å².